The first-order valence-corrected chi connectivity index (χ1v) is 4.13. The average Bonchev–Trinajstić information content (AvgIpc) is 2.64. The molecule has 1 heterocycles. The van der Waals surface area contributed by atoms with Gasteiger partial charge in [0.05, 0.1) is 12.7 Å². The van der Waals surface area contributed by atoms with Crippen LogP contribution in [0.3, 0.4) is 0 Å². The molecule has 15 heavy (non-hydrogen) atoms. The van der Waals surface area contributed by atoms with Gasteiger partial charge in [0, 0.05) is 6.07 Å². The van der Waals surface area contributed by atoms with E-state index >= 15 is 0 Å². The molecule has 78 valence electrons. The van der Waals surface area contributed by atoms with E-state index in [1.165, 1.54) is 25.3 Å². The van der Waals surface area contributed by atoms with Gasteiger partial charge in [0.2, 0.25) is 0 Å². The first-order chi connectivity index (χ1) is 7.20. The monoisotopic (exact) mass is 209 g/mol. The fourth-order valence-corrected chi connectivity index (χ4v) is 1.19. The molecule has 0 aliphatic carbocycles. The van der Waals surface area contributed by atoms with Crippen molar-refractivity contribution in [3.05, 3.63) is 24.0 Å². The van der Waals surface area contributed by atoms with Crippen LogP contribution in [-0.4, -0.2) is 17.3 Å². The number of hydrogen-bond donors (Lipinski definition) is 1. The van der Waals surface area contributed by atoms with E-state index in [0.717, 1.165) is 0 Å². The van der Waals surface area contributed by atoms with Gasteiger partial charge in [0.25, 0.3) is 5.89 Å². The predicted molar refractivity (Wildman–Crippen MR) is 50.7 cm³/mol. The highest BCUT2D eigenvalue weighted by molar-refractivity contribution is 5.62. The summed E-state index contributed by atoms with van der Waals surface area (Å²) in [6, 6.07) is 3.95. The summed E-state index contributed by atoms with van der Waals surface area (Å²) in [6.07, 6.45) is 0. The van der Waals surface area contributed by atoms with Crippen LogP contribution in [0.15, 0.2) is 22.6 Å². The zero-order chi connectivity index (χ0) is 10.8. The minimum atomic E-state index is -0.400. The van der Waals surface area contributed by atoms with Gasteiger partial charge in [-0.05, 0) is 12.1 Å². The van der Waals surface area contributed by atoms with E-state index in [2.05, 4.69) is 10.2 Å². The Morgan fingerprint density at radius 3 is 2.80 bits per heavy atom. The summed E-state index contributed by atoms with van der Waals surface area (Å²) >= 11 is 0. The van der Waals surface area contributed by atoms with Crippen molar-refractivity contribution in [3.8, 4) is 17.2 Å². The first kappa shape index (κ1) is 9.45. The third-order valence-corrected chi connectivity index (χ3v) is 1.83. The second-order valence-electron chi connectivity index (χ2n) is 2.79. The zero-order valence-corrected chi connectivity index (χ0v) is 7.90. The first-order valence-electron chi connectivity index (χ1n) is 4.13. The summed E-state index contributed by atoms with van der Waals surface area (Å²) < 4.78 is 22.9. The molecular weight excluding hydrogens is 201 g/mol. The third-order valence-electron chi connectivity index (χ3n) is 1.83. The average molecular weight is 209 g/mol. The summed E-state index contributed by atoms with van der Waals surface area (Å²) in [7, 11) is 1.43. The Balaban J connectivity index is 2.52. The Bertz CT molecular complexity index is 484. The van der Waals surface area contributed by atoms with Crippen LogP contribution < -0.4 is 10.5 Å². The number of aromatic nitrogens is 2. The SMILES string of the molecule is COc1cc(F)ccc1-c1nnc(N)o1. The molecule has 5 nitrogen and oxygen atoms in total. The molecule has 0 fully saturated rings. The van der Waals surface area contributed by atoms with Crippen molar-refractivity contribution in [3.63, 3.8) is 0 Å². The molecule has 6 heteroatoms. The summed E-state index contributed by atoms with van der Waals surface area (Å²) in [5.74, 6) is 0.117. The van der Waals surface area contributed by atoms with E-state index < -0.39 is 5.82 Å². The highest BCUT2D eigenvalue weighted by atomic mass is 19.1. The molecule has 0 saturated heterocycles. The molecule has 0 unspecified atom stereocenters. The summed E-state index contributed by atoms with van der Waals surface area (Å²) in [6.45, 7) is 0. The van der Waals surface area contributed by atoms with Gasteiger partial charge in [-0.1, -0.05) is 5.10 Å². The fourth-order valence-electron chi connectivity index (χ4n) is 1.19. The standard InChI is InChI=1S/C9H8FN3O2/c1-14-7-4-5(10)2-3-6(7)8-12-13-9(11)15-8/h2-4H,1H3,(H2,11,13). The minimum Gasteiger partial charge on any atom is -0.496 e. The number of halogens is 1. The molecule has 0 bridgehead atoms. The highest BCUT2D eigenvalue weighted by Crippen LogP contribution is 2.29. The van der Waals surface area contributed by atoms with Crippen molar-refractivity contribution in [2.75, 3.05) is 12.8 Å². The van der Waals surface area contributed by atoms with Crippen LogP contribution in [0.25, 0.3) is 11.5 Å². The number of anilines is 1. The van der Waals surface area contributed by atoms with Crippen LogP contribution in [0.2, 0.25) is 0 Å². The van der Waals surface area contributed by atoms with Gasteiger partial charge in [-0.2, -0.15) is 0 Å². The Morgan fingerprint density at radius 1 is 1.40 bits per heavy atom. The molecule has 1 aromatic heterocycles. The lowest BCUT2D eigenvalue weighted by Crippen LogP contribution is -1.89. The number of hydrogen-bond acceptors (Lipinski definition) is 5. The number of ether oxygens (including phenoxy) is 1. The molecule has 0 spiro atoms. The second kappa shape index (κ2) is 3.56. The van der Waals surface area contributed by atoms with Gasteiger partial charge in [-0.25, -0.2) is 4.39 Å². The van der Waals surface area contributed by atoms with Crippen LogP contribution in [-0.2, 0) is 0 Å². The molecule has 0 aliphatic heterocycles. The lowest BCUT2D eigenvalue weighted by molar-refractivity contribution is 0.411. The van der Waals surface area contributed by atoms with E-state index in [1.54, 1.807) is 0 Å². The molecule has 0 aliphatic rings. The van der Waals surface area contributed by atoms with Crippen LogP contribution in [0.5, 0.6) is 5.75 Å². The van der Waals surface area contributed by atoms with Crippen molar-refractivity contribution in [2.45, 2.75) is 0 Å². The normalized spacial score (nSPS) is 10.3. The van der Waals surface area contributed by atoms with Crippen molar-refractivity contribution < 1.29 is 13.5 Å². The highest BCUT2D eigenvalue weighted by Gasteiger charge is 2.12. The summed E-state index contributed by atoms with van der Waals surface area (Å²) in [5.41, 5.74) is 5.79. The Morgan fingerprint density at radius 2 is 2.20 bits per heavy atom. The van der Waals surface area contributed by atoms with Gasteiger partial charge in [0.1, 0.15) is 11.6 Å². The quantitative estimate of drug-likeness (QED) is 0.810. The number of nitrogen functional groups attached to an aromatic ring is 1. The van der Waals surface area contributed by atoms with Crippen LogP contribution in [0.1, 0.15) is 0 Å². The van der Waals surface area contributed by atoms with Gasteiger partial charge in [-0.3, -0.25) is 0 Å². The van der Waals surface area contributed by atoms with E-state index in [1.807, 2.05) is 0 Å². The maximum Gasteiger partial charge on any atom is 0.313 e. The van der Waals surface area contributed by atoms with E-state index in [-0.39, 0.29) is 11.9 Å². The summed E-state index contributed by atoms with van der Waals surface area (Å²) in [5, 5.41) is 7.18. The minimum absolute atomic E-state index is 0.0450. The molecule has 2 aromatic rings. The smallest absolute Gasteiger partial charge is 0.313 e. The number of methoxy groups -OCH3 is 1. The van der Waals surface area contributed by atoms with Gasteiger partial charge >= 0.3 is 6.01 Å². The molecular formula is C9H8FN3O2. The molecule has 0 amide bonds. The Labute approximate surface area is 84.7 Å². The van der Waals surface area contributed by atoms with Crippen molar-refractivity contribution in [1.29, 1.82) is 0 Å². The number of nitrogens with zero attached hydrogens (tertiary/aromatic N) is 2. The molecule has 2 N–H and O–H groups in total. The van der Waals surface area contributed by atoms with Crippen LogP contribution in [0, 0.1) is 5.82 Å². The van der Waals surface area contributed by atoms with Gasteiger partial charge < -0.3 is 14.9 Å². The molecule has 0 saturated carbocycles. The second-order valence-corrected chi connectivity index (χ2v) is 2.79. The lowest BCUT2D eigenvalue weighted by Gasteiger charge is -2.03. The van der Waals surface area contributed by atoms with Crippen LogP contribution >= 0.6 is 0 Å². The van der Waals surface area contributed by atoms with Crippen LogP contribution in [0.4, 0.5) is 10.4 Å². The van der Waals surface area contributed by atoms with Gasteiger partial charge in [0.15, 0.2) is 0 Å². The third kappa shape index (κ3) is 1.74. The number of benzene rings is 1. The fraction of sp³-hybridized carbons (Fsp3) is 0.111. The van der Waals surface area contributed by atoms with Crippen molar-refractivity contribution in [1.82, 2.24) is 10.2 Å². The number of rotatable bonds is 2. The Kier molecular flexibility index (Phi) is 2.24. The van der Waals surface area contributed by atoms with Crippen molar-refractivity contribution >= 4 is 6.01 Å². The van der Waals surface area contributed by atoms with Crippen molar-refractivity contribution in [2.24, 2.45) is 0 Å². The molecule has 0 radical (unpaired) electrons. The van der Waals surface area contributed by atoms with E-state index in [9.17, 15) is 4.39 Å². The molecule has 2 rings (SSSR count). The maximum absolute atomic E-state index is 12.9. The molecule has 0 atom stereocenters. The predicted octanol–water partition coefficient (Wildman–Crippen LogP) is 1.47. The van der Waals surface area contributed by atoms with E-state index in [4.69, 9.17) is 14.9 Å². The maximum atomic E-state index is 12.9. The largest absolute Gasteiger partial charge is 0.496 e. The number of nitrogens with two attached hydrogens (primary N) is 1. The zero-order valence-electron chi connectivity index (χ0n) is 7.90. The van der Waals surface area contributed by atoms with E-state index in [0.29, 0.717) is 11.3 Å². The van der Waals surface area contributed by atoms with Gasteiger partial charge in [-0.15, -0.1) is 5.10 Å². The topological polar surface area (TPSA) is 74.2 Å². The summed E-state index contributed by atoms with van der Waals surface area (Å²) in [4.78, 5) is 0. The lowest BCUT2D eigenvalue weighted by atomic mass is 10.2. The molecule has 1 aromatic carbocycles. The Hall–Kier alpha value is -2.11.